The van der Waals surface area contributed by atoms with Gasteiger partial charge in [0.2, 0.25) is 5.70 Å². The topological polar surface area (TPSA) is 28.6 Å². The number of nitrogens with zero attached hydrogens (tertiary/aromatic N) is 3. The van der Waals surface area contributed by atoms with Gasteiger partial charge in [-0.1, -0.05) is 92.7 Å². The second-order valence-electron chi connectivity index (χ2n) is 14.2. The quantitative estimate of drug-likeness (QED) is 0.179. The lowest BCUT2D eigenvalue weighted by Gasteiger charge is -2.41. The fourth-order valence-electron chi connectivity index (χ4n) is 9.48. The minimum absolute atomic E-state index is 0.169. The van der Waals surface area contributed by atoms with E-state index in [-0.39, 0.29) is 11.8 Å². The molecule has 3 atom stereocenters. The molecule has 50 heavy (non-hydrogen) atoms. The molecule has 5 nitrogen and oxygen atoms in total. The molecule has 3 unspecified atom stereocenters. The molecule has 0 aliphatic carbocycles. The van der Waals surface area contributed by atoms with Gasteiger partial charge in [0.25, 0.3) is 11.5 Å². The van der Waals surface area contributed by atoms with Crippen LogP contribution in [0.2, 0.25) is 0 Å². The molecular formula is C45H31N3O2+2. The van der Waals surface area contributed by atoms with Crippen LogP contribution in [0, 0.1) is 0 Å². The average molecular weight is 646 g/mol. The summed E-state index contributed by atoms with van der Waals surface area (Å²) in [6.07, 6.45) is 4.87. The fraction of sp³-hybridized carbons (Fsp3) is 0.111. The summed E-state index contributed by atoms with van der Waals surface area (Å²) in [5.41, 5.74) is 13.7. The minimum Gasteiger partial charge on any atom is -0.455 e. The average Bonchev–Trinajstić information content (AvgIpc) is 3.66. The number of pyridine rings is 1. The standard InChI is InChI=1S/C45H31N3O2/c1-26(28-12-5-3-6-13-28)30-22-35-36-23-31(27(2)29-14-7-4-8-15-29)25-41-48(36)45-42-37(18-11-19-38(42)50-41)49-39-21-20-33-32-16-9-10-17-34(32)46(44(33)43(39)45)40(24-30)47(35)45/h3-27H,1-2H3/q+2. The first-order valence-electron chi connectivity index (χ1n) is 17.5. The molecular weight excluding hydrogens is 615 g/mol. The summed E-state index contributed by atoms with van der Waals surface area (Å²) in [5, 5.41) is 0. The van der Waals surface area contributed by atoms with E-state index in [1.807, 2.05) is 6.07 Å². The normalized spacial score (nSPS) is 19.8. The second kappa shape index (κ2) is 9.07. The lowest BCUT2D eigenvalue weighted by atomic mass is 9.80. The Morgan fingerprint density at radius 1 is 0.600 bits per heavy atom. The molecule has 1 aromatic heterocycles. The number of hydrogen-bond donors (Lipinski definition) is 0. The van der Waals surface area contributed by atoms with Crippen LogP contribution in [-0.4, -0.2) is 10.7 Å². The highest BCUT2D eigenvalue weighted by atomic mass is 16.5. The van der Waals surface area contributed by atoms with E-state index in [1.165, 1.54) is 50.5 Å². The zero-order chi connectivity index (χ0) is 32.9. The van der Waals surface area contributed by atoms with E-state index in [1.54, 1.807) is 0 Å². The molecule has 236 valence electrons. The third kappa shape index (κ3) is 3.02. The number of allylic oxidation sites excluding steroid dienone is 2. The van der Waals surface area contributed by atoms with Crippen LogP contribution >= 0.6 is 0 Å². The van der Waals surface area contributed by atoms with Crippen LogP contribution in [0.5, 0.6) is 23.1 Å². The van der Waals surface area contributed by atoms with E-state index in [9.17, 15) is 0 Å². The lowest BCUT2D eigenvalue weighted by molar-refractivity contribution is -0.756. The Kier molecular flexibility index (Phi) is 4.85. The van der Waals surface area contributed by atoms with E-state index in [0.29, 0.717) is 0 Å². The van der Waals surface area contributed by atoms with Gasteiger partial charge in [-0.15, -0.1) is 9.47 Å². The van der Waals surface area contributed by atoms with Crippen LogP contribution in [0.3, 0.4) is 0 Å². The van der Waals surface area contributed by atoms with Gasteiger partial charge in [0.05, 0.1) is 6.07 Å². The van der Waals surface area contributed by atoms with Gasteiger partial charge in [-0.3, -0.25) is 0 Å². The van der Waals surface area contributed by atoms with Crippen molar-refractivity contribution in [3.63, 3.8) is 0 Å². The SMILES string of the molecule is CC(C1=CC2=[N+]3c4ccccc4-c4ccc5c(c43)C34c6c(cccc6Oc6cc(C(C)c7ccccc7)cc([n+]63)C(=C1)N24)O5)c1ccccc1. The first-order valence-corrected chi connectivity index (χ1v) is 17.5. The Morgan fingerprint density at radius 2 is 1.30 bits per heavy atom. The summed E-state index contributed by atoms with van der Waals surface area (Å²) in [6.45, 7) is 4.62. The molecule has 6 aliphatic rings. The summed E-state index contributed by atoms with van der Waals surface area (Å²) in [6, 6.07) is 45.8. The molecule has 1 spiro atoms. The number of para-hydroxylation sites is 1. The Hall–Kier alpha value is -6.20. The fourth-order valence-corrected chi connectivity index (χ4v) is 9.48. The molecule has 0 saturated carbocycles. The number of rotatable bonds is 4. The summed E-state index contributed by atoms with van der Waals surface area (Å²) in [4.78, 5) is 2.59. The largest absolute Gasteiger partial charge is 0.455 e. The van der Waals surface area contributed by atoms with Crippen LogP contribution < -0.4 is 18.6 Å². The third-order valence-electron chi connectivity index (χ3n) is 11.8. The molecule has 7 heterocycles. The van der Waals surface area contributed by atoms with Crippen molar-refractivity contribution in [2.24, 2.45) is 0 Å². The van der Waals surface area contributed by atoms with Crippen molar-refractivity contribution in [2.75, 3.05) is 0 Å². The van der Waals surface area contributed by atoms with Crippen molar-refractivity contribution in [3.8, 4) is 34.3 Å². The van der Waals surface area contributed by atoms with Gasteiger partial charge in [0.1, 0.15) is 17.2 Å². The minimum atomic E-state index is -0.736. The number of hydrogen-bond acceptors (Lipinski definition) is 3. The van der Waals surface area contributed by atoms with Gasteiger partial charge in [-0.25, -0.2) is 0 Å². The summed E-state index contributed by atoms with van der Waals surface area (Å²) in [5.74, 6) is 4.88. The van der Waals surface area contributed by atoms with E-state index >= 15 is 0 Å². The maximum Gasteiger partial charge on any atom is 0.381 e. The van der Waals surface area contributed by atoms with Gasteiger partial charge in [0, 0.05) is 35.1 Å². The van der Waals surface area contributed by atoms with E-state index < -0.39 is 5.66 Å². The number of aromatic nitrogens is 1. The molecule has 0 N–H and O–H groups in total. The molecule has 6 aromatic rings. The van der Waals surface area contributed by atoms with Crippen LogP contribution in [0.1, 0.15) is 59.2 Å². The van der Waals surface area contributed by atoms with Crippen molar-refractivity contribution in [1.29, 1.82) is 0 Å². The van der Waals surface area contributed by atoms with E-state index in [0.717, 1.165) is 45.8 Å². The third-order valence-corrected chi connectivity index (χ3v) is 11.8. The first kappa shape index (κ1) is 26.7. The van der Waals surface area contributed by atoms with Crippen molar-refractivity contribution >= 4 is 22.9 Å². The molecule has 0 saturated heterocycles. The summed E-state index contributed by atoms with van der Waals surface area (Å²) in [7, 11) is 0. The molecule has 0 fully saturated rings. The van der Waals surface area contributed by atoms with Crippen molar-refractivity contribution < 1.29 is 14.0 Å². The maximum absolute atomic E-state index is 6.98. The van der Waals surface area contributed by atoms with Gasteiger partial charge in [0.15, 0.2) is 22.6 Å². The van der Waals surface area contributed by atoms with Gasteiger partial charge in [-0.2, -0.15) is 4.58 Å². The highest BCUT2D eigenvalue weighted by Gasteiger charge is 2.77. The predicted octanol–water partition coefficient (Wildman–Crippen LogP) is 9.71. The zero-order valence-electron chi connectivity index (χ0n) is 27.6. The van der Waals surface area contributed by atoms with Gasteiger partial charge < -0.3 is 9.47 Å². The second-order valence-corrected chi connectivity index (χ2v) is 14.2. The van der Waals surface area contributed by atoms with Crippen molar-refractivity contribution in [3.05, 3.63) is 179 Å². The summed E-state index contributed by atoms with van der Waals surface area (Å²) < 4.78 is 18.8. The smallest absolute Gasteiger partial charge is 0.381 e. The number of amidine groups is 1. The first-order chi connectivity index (χ1) is 24.6. The molecule has 0 bridgehead atoms. The Labute approximate surface area is 289 Å². The zero-order valence-corrected chi connectivity index (χ0v) is 27.6. The molecule has 5 aromatic carbocycles. The van der Waals surface area contributed by atoms with Gasteiger partial charge in [-0.05, 0) is 64.7 Å². The lowest BCUT2D eigenvalue weighted by Crippen LogP contribution is -2.68. The van der Waals surface area contributed by atoms with Crippen molar-refractivity contribution in [1.82, 2.24) is 9.48 Å². The Balaban J connectivity index is 1.24. The van der Waals surface area contributed by atoms with E-state index in [2.05, 4.69) is 161 Å². The molecule has 0 radical (unpaired) electrons. The highest BCUT2D eigenvalue weighted by molar-refractivity contribution is 6.13. The van der Waals surface area contributed by atoms with Crippen LogP contribution in [0.25, 0.3) is 16.8 Å². The van der Waals surface area contributed by atoms with Crippen molar-refractivity contribution in [2.45, 2.75) is 31.3 Å². The predicted molar refractivity (Wildman–Crippen MR) is 194 cm³/mol. The Morgan fingerprint density at radius 3 is 2.10 bits per heavy atom. The number of benzene rings is 5. The molecule has 6 aliphatic heterocycles. The molecule has 0 amide bonds. The number of ether oxygens (including phenoxy) is 2. The van der Waals surface area contributed by atoms with E-state index in [4.69, 9.17) is 9.47 Å². The Bertz CT molecular complexity index is 2640. The van der Waals surface area contributed by atoms with Crippen LogP contribution in [-0.2, 0) is 5.66 Å². The maximum atomic E-state index is 6.98. The van der Waals surface area contributed by atoms with Crippen LogP contribution in [0.4, 0.5) is 11.4 Å². The van der Waals surface area contributed by atoms with Gasteiger partial charge >= 0.3 is 11.5 Å². The number of fused-ring (bicyclic) bond motifs is 4. The monoisotopic (exact) mass is 645 g/mol. The van der Waals surface area contributed by atoms with Crippen LogP contribution in [0.15, 0.2) is 145 Å². The highest BCUT2D eigenvalue weighted by Crippen LogP contribution is 2.66. The molecule has 12 rings (SSSR count). The summed E-state index contributed by atoms with van der Waals surface area (Å²) >= 11 is 0. The molecule has 5 heteroatoms.